The lowest BCUT2D eigenvalue weighted by Gasteiger charge is -2.09. The van der Waals surface area contributed by atoms with Crippen molar-refractivity contribution in [2.75, 3.05) is 5.73 Å². The van der Waals surface area contributed by atoms with Crippen molar-refractivity contribution < 1.29 is 13.2 Å². The van der Waals surface area contributed by atoms with Crippen LogP contribution in [-0.2, 0) is 6.18 Å². The monoisotopic (exact) mass is 361 g/mol. The highest BCUT2D eigenvalue weighted by Crippen LogP contribution is 2.38. The molecule has 0 radical (unpaired) electrons. The molecule has 0 aromatic carbocycles. The highest BCUT2D eigenvalue weighted by molar-refractivity contribution is 7.13. The number of pyridine rings is 1. The van der Waals surface area contributed by atoms with Crippen molar-refractivity contribution in [1.82, 2.24) is 24.8 Å². The molecule has 0 bridgehead atoms. The Hall–Kier alpha value is -3.26. The standard InChI is InChI=1S/C14H6F3N7S/c15-14(16,17)6-4-7(9-2-1-3-25-9)20-12-10(6)13-22-21-8(5-18)11(19)24(13)23-12/h1-4H,19H2. The van der Waals surface area contributed by atoms with E-state index >= 15 is 0 Å². The van der Waals surface area contributed by atoms with E-state index in [1.54, 1.807) is 23.6 Å². The molecule has 25 heavy (non-hydrogen) atoms. The number of nitriles is 1. The fourth-order valence-electron chi connectivity index (χ4n) is 2.44. The van der Waals surface area contributed by atoms with Crippen molar-refractivity contribution in [3.05, 3.63) is 34.8 Å². The zero-order chi connectivity index (χ0) is 17.8. The van der Waals surface area contributed by atoms with Crippen molar-refractivity contribution in [1.29, 1.82) is 5.26 Å². The Labute approximate surface area is 141 Å². The fourth-order valence-corrected chi connectivity index (χ4v) is 3.12. The number of hydrogen-bond acceptors (Lipinski definition) is 7. The molecule has 4 aromatic heterocycles. The zero-order valence-corrected chi connectivity index (χ0v) is 12.9. The van der Waals surface area contributed by atoms with Crippen LogP contribution in [0.5, 0.6) is 0 Å². The highest BCUT2D eigenvalue weighted by Gasteiger charge is 2.36. The fraction of sp³-hybridized carbons (Fsp3) is 0.0714. The van der Waals surface area contributed by atoms with Crippen LogP contribution in [0.25, 0.3) is 27.3 Å². The maximum Gasteiger partial charge on any atom is 0.417 e. The third kappa shape index (κ3) is 2.26. The van der Waals surface area contributed by atoms with Gasteiger partial charge in [0.05, 0.1) is 21.5 Å². The molecule has 0 atom stereocenters. The molecule has 0 amide bonds. The average molecular weight is 361 g/mol. The smallest absolute Gasteiger partial charge is 0.381 e. The Balaban J connectivity index is 2.16. The minimum Gasteiger partial charge on any atom is -0.381 e. The normalized spacial score (nSPS) is 11.9. The van der Waals surface area contributed by atoms with E-state index in [0.29, 0.717) is 4.88 Å². The van der Waals surface area contributed by atoms with Crippen molar-refractivity contribution in [3.63, 3.8) is 0 Å². The van der Waals surface area contributed by atoms with Gasteiger partial charge in [0.1, 0.15) is 6.07 Å². The van der Waals surface area contributed by atoms with Crippen molar-refractivity contribution in [2.45, 2.75) is 6.18 Å². The van der Waals surface area contributed by atoms with E-state index in [9.17, 15) is 13.2 Å². The van der Waals surface area contributed by atoms with Gasteiger partial charge in [-0.25, -0.2) is 4.98 Å². The molecular weight excluding hydrogens is 355 g/mol. The van der Waals surface area contributed by atoms with E-state index in [0.717, 1.165) is 10.6 Å². The van der Waals surface area contributed by atoms with Gasteiger partial charge in [-0.05, 0) is 17.5 Å². The average Bonchev–Trinajstić information content (AvgIpc) is 3.21. The minimum absolute atomic E-state index is 0.144. The molecular formula is C14H6F3N7S. The zero-order valence-electron chi connectivity index (χ0n) is 12.1. The van der Waals surface area contributed by atoms with Crippen molar-refractivity contribution >= 4 is 33.8 Å². The molecule has 0 aliphatic rings. The quantitative estimate of drug-likeness (QED) is 0.559. The summed E-state index contributed by atoms with van der Waals surface area (Å²) in [6.07, 6.45) is -4.65. The molecule has 0 saturated heterocycles. The molecule has 4 heterocycles. The van der Waals surface area contributed by atoms with Crippen LogP contribution < -0.4 is 5.73 Å². The molecule has 4 aromatic rings. The van der Waals surface area contributed by atoms with Crippen LogP contribution in [0.15, 0.2) is 23.6 Å². The summed E-state index contributed by atoms with van der Waals surface area (Å²) >= 11 is 1.26. The SMILES string of the molecule is N#Cc1nnc2c3c(C(F)(F)F)cc(-c4cccs4)nc3nn2c1N. The Morgan fingerprint density at radius 2 is 2.08 bits per heavy atom. The second-order valence-electron chi connectivity index (χ2n) is 5.01. The van der Waals surface area contributed by atoms with Gasteiger partial charge in [0.15, 0.2) is 17.1 Å². The number of nitrogen functional groups attached to an aromatic ring is 1. The highest BCUT2D eigenvalue weighted by atomic mass is 32.1. The van der Waals surface area contributed by atoms with Gasteiger partial charge in [0.25, 0.3) is 0 Å². The van der Waals surface area contributed by atoms with Gasteiger partial charge < -0.3 is 5.73 Å². The predicted octanol–water partition coefficient (Wildman–Crippen LogP) is 2.87. The van der Waals surface area contributed by atoms with E-state index in [1.807, 2.05) is 0 Å². The van der Waals surface area contributed by atoms with Crippen LogP contribution in [0.2, 0.25) is 0 Å². The first kappa shape index (κ1) is 15.3. The topological polar surface area (TPSA) is 106 Å². The molecule has 0 aliphatic heterocycles. The molecule has 11 heteroatoms. The molecule has 124 valence electrons. The Kier molecular flexibility index (Phi) is 3.13. The summed E-state index contributed by atoms with van der Waals surface area (Å²) in [5.41, 5.74) is 4.36. The Morgan fingerprint density at radius 1 is 1.28 bits per heavy atom. The summed E-state index contributed by atoms with van der Waals surface area (Å²) in [5.74, 6) is -0.198. The first-order chi connectivity index (χ1) is 11.9. The summed E-state index contributed by atoms with van der Waals surface area (Å²) in [4.78, 5) is 4.77. The molecule has 0 unspecified atom stereocenters. The lowest BCUT2D eigenvalue weighted by Crippen LogP contribution is -2.08. The number of alkyl halides is 3. The molecule has 0 saturated carbocycles. The number of hydrogen-bond donors (Lipinski definition) is 1. The van der Waals surface area contributed by atoms with Gasteiger partial charge in [0, 0.05) is 0 Å². The van der Waals surface area contributed by atoms with E-state index in [1.165, 1.54) is 11.3 Å². The molecule has 0 fully saturated rings. The van der Waals surface area contributed by atoms with Gasteiger partial charge in [-0.15, -0.1) is 26.6 Å². The van der Waals surface area contributed by atoms with E-state index in [2.05, 4.69) is 20.3 Å². The van der Waals surface area contributed by atoms with Crippen LogP contribution in [0.1, 0.15) is 11.3 Å². The van der Waals surface area contributed by atoms with Gasteiger partial charge in [-0.2, -0.15) is 22.9 Å². The molecule has 7 nitrogen and oxygen atoms in total. The summed E-state index contributed by atoms with van der Waals surface area (Å²) in [5, 5.41) is 21.6. The van der Waals surface area contributed by atoms with Crippen molar-refractivity contribution in [2.24, 2.45) is 0 Å². The molecule has 4 rings (SSSR count). The van der Waals surface area contributed by atoms with Gasteiger partial charge >= 0.3 is 6.18 Å². The number of fused-ring (bicyclic) bond motifs is 3. The number of nitrogens with two attached hydrogens (primary N) is 1. The van der Waals surface area contributed by atoms with Crippen LogP contribution in [0.3, 0.4) is 0 Å². The van der Waals surface area contributed by atoms with Crippen LogP contribution >= 0.6 is 11.3 Å². The second kappa shape index (κ2) is 5.12. The van der Waals surface area contributed by atoms with E-state index < -0.39 is 11.7 Å². The molecule has 2 N–H and O–H groups in total. The third-order valence-corrected chi connectivity index (χ3v) is 4.41. The van der Waals surface area contributed by atoms with Gasteiger partial charge in [-0.1, -0.05) is 6.07 Å². The number of thiophene rings is 1. The van der Waals surface area contributed by atoms with Crippen molar-refractivity contribution in [3.8, 4) is 16.6 Å². The van der Waals surface area contributed by atoms with Gasteiger partial charge in [0.2, 0.25) is 5.69 Å². The predicted molar refractivity (Wildman–Crippen MR) is 83.5 cm³/mol. The number of halogens is 3. The number of anilines is 1. The van der Waals surface area contributed by atoms with Crippen LogP contribution in [-0.4, -0.2) is 24.8 Å². The van der Waals surface area contributed by atoms with Crippen LogP contribution in [0.4, 0.5) is 19.0 Å². The summed E-state index contributed by atoms with van der Waals surface area (Å²) in [6.45, 7) is 0. The van der Waals surface area contributed by atoms with Crippen LogP contribution in [0, 0.1) is 11.3 Å². The third-order valence-electron chi connectivity index (χ3n) is 3.52. The Bertz CT molecular complexity index is 1160. The lowest BCUT2D eigenvalue weighted by molar-refractivity contribution is -0.136. The number of rotatable bonds is 1. The van der Waals surface area contributed by atoms with Gasteiger partial charge in [-0.3, -0.25) is 0 Å². The second-order valence-corrected chi connectivity index (χ2v) is 5.96. The maximum atomic E-state index is 13.6. The van der Waals surface area contributed by atoms with E-state index in [4.69, 9.17) is 11.0 Å². The summed E-state index contributed by atoms with van der Waals surface area (Å²) in [7, 11) is 0. The Morgan fingerprint density at radius 3 is 2.72 bits per heavy atom. The molecule has 0 spiro atoms. The first-order valence-corrected chi connectivity index (χ1v) is 7.65. The van der Waals surface area contributed by atoms with E-state index in [-0.39, 0.29) is 33.9 Å². The summed E-state index contributed by atoms with van der Waals surface area (Å²) < 4.78 is 41.7. The lowest BCUT2D eigenvalue weighted by atomic mass is 10.1. The maximum absolute atomic E-state index is 13.6. The largest absolute Gasteiger partial charge is 0.417 e. The number of aromatic nitrogens is 5. The minimum atomic E-state index is -4.65. The number of nitrogens with zero attached hydrogens (tertiary/aromatic N) is 6. The first-order valence-electron chi connectivity index (χ1n) is 6.77. The summed E-state index contributed by atoms with van der Waals surface area (Å²) in [6, 6.07) is 6.04. The molecule has 0 aliphatic carbocycles.